The number of fused-ring (bicyclic) bond motifs is 1. The van der Waals surface area contributed by atoms with Gasteiger partial charge in [-0.3, -0.25) is 13.9 Å². The van der Waals surface area contributed by atoms with E-state index in [-0.39, 0.29) is 36.2 Å². The van der Waals surface area contributed by atoms with Crippen LogP contribution in [0.15, 0.2) is 54.0 Å². The molecule has 0 saturated carbocycles. The molecule has 3 aromatic heterocycles. The zero-order chi connectivity index (χ0) is 42.3. The molecule has 2 aliphatic heterocycles. The summed E-state index contributed by atoms with van der Waals surface area (Å²) in [6, 6.07) is 8.98. The highest BCUT2D eigenvalue weighted by Gasteiger charge is 2.60. The zero-order valence-corrected chi connectivity index (χ0v) is 34.4. The number of likely N-dealkylation sites (N-methyl/N-ethyl adjacent to an activating group) is 1. The van der Waals surface area contributed by atoms with Crippen molar-refractivity contribution in [3.8, 4) is 0 Å². The van der Waals surface area contributed by atoms with E-state index < -0.39 is 79.4 Å². The number of nitrogens with one attached hydrogen (secondary N) is 2. The number of hydrogen-bond donors (Lipinski definition) is 5. The first-order chi connectivity index (χ1) is 28.3. The van der Waals surface area contributed by atoms with E-state index in [1.165, 1.54) is 45.9 Å². The molecule has 7 atom stereocenters. The SMILES string of the molecule is CNC(=O)[C@H]1O[C@@H](n2cnc3c(NCc4cccc(I)c4)ncnc32)[C@H](OC(=O)OCCSSCCOC(=O)OCC2OC(n3ccc(N)nc3=O)C(F)(F)C2O)[C@@H]1O. The molecule has 2 fully saturated rings. The van der Waals surface area contributed by atoms with Crippen molar-refractivity contribution in [1.29, 1.82) is 0 Å². The van der Waals surface area contributed by atoms with Gasteiger partial charge in [-0.25, -0.2) is 29.3 Å². The number of aliphatic hydroxyl groups is 2. The number of aliphatic hydroxyl groups excluding tert-OH is 2. The predicted octanol–water partition coefficient (Wildman–Crippen LogP) is 1.84. The molecular weight excluding hydrogens is 943 g/mol. The van der Waals surface area contributed by atoms with Gasteiger partial charge in [0.2, 0.25) is 6.23 Å². The zero-order valence-electron chi connectivity index (χ0n) is 30.6. The molecule has 6 rings (SSSR count). The third-order valence-electron chi connectivity index (χ3n) is 8.64. The molecule has 1 aromatic carbocycles. The van der Waals surface area contributed by atoms with E-state index in [9.17, 15) is 38.2 Å². The van der Waals surface area contributed by atoms with Crippen LogP contribution in [-0.2, 0) is 39.8 Å². The largest absolute Gasteiger partial charge is 0.508 e. The maximum Gasteiger partial charge on any atom is 0.508 e. The number of nitrogen functional groups attached to an aromatic ring is 1. The third kappa shape index (κ3) is 10.4. The first-order valence-corrected chi connectivity index (χ1v) is 21.0. The fraction of sp³-hybridized carbons (Fsp3) is 0.455. The van der Waals surface area contributed by atoms with E-state index in [0.717, 1.165) is 21.4 Å². The molecule has 0 spiro atoms. The number of ether oxygens (including phenoxy) is 6. The fourth-order valence-electron chi connectivity index (χ4n) is 5.84. The number of rotatable bonds is 16. The van der Waals surface area contributed by atoms with Gasteiger partial charge in [-0.1, -0.05) is 33.7 Å². The van der Waals surface area contributed by atoms with Crippen molar-refractivity contribution in [3.63, 3.8) is 0 Å². The lowest BCUT2D eigenvalue weighted by molar-refractivity contribution is -0.141. The van der Waals surface area contributed by atoms with Gasteiger partial charge in [0.15, 0.2) is 41.5 Å². The molecule has 0 bridgehead atoms. The normalized spacial score (nSPS) is 23.5. The lowest BCUT2D eigenvalue weighted by atomic mass is 10.1. The van der Waals surface area contributed by atoms with Crippen LogP contribution in [0.4, 0.5) is 30.0 Å². The Morgan fingerprint density at radius 2 is 1.78 bits per heavy atom. The number of carbonyl (C=O) groups excluding carboxylic acids is 3. The number of imidazole rings is 1. The smallest absolute Gasteiger partial charge is 0.433 e. The Kier molecular flexibility index (Phi) is 14.6. The van der Waals surface area contributed by atoms with E-state index in [1.807, 2.05) is 24.3 Å². The van der Waals surface area contributed by atoms with Gasteiger partial charge < -0.3 is 55.0 Å². The van der Waals surface area contributed by atoms with Gasteiger partial charge in [-0.2, -0.15) is 13.8 Å². The number of benzene rings is 1. The highest BCUT2D eigenvalue weighted by molar-refractivity contribution is 14.1. The van der Waals surface area contributed by atoms with E-state index in [0.29, 0.717) is 22.4 Å². The van der Waals surface area contributed by atoms with E-state index >= 15 is 0 Å². The van der Waals surface area contributed by atoms with Crippen LogP contribution in [0.1, 0.15) is 18.0 Å². The fourth-order valence-corrected chi connectivity index (χ4v) is 8.10. The third-order valence-corrected chi connectivity index (χ3v) is 11.6. The second-order valence-corrected chi connectivity index (χ2v) is 16.5. The van der Waals surface area contributed by atoms with Crippen LogP contribution in [0.5, 0.6) is 0 Å². The number of anilines is 2. The quantitative estimate of drug-likeness (QED) is 0.0464. The van der Waals surface area contributed by atoms with Gasteiger partial charge in [-0.05, 0) is 46.4 Å². The molecule has 6 N–H and O–H groups in total. The number of aromatic nitrogens is 6. The van der Waals surface area contributed by atoms with Gasteiger partial charge in [0, 0.05) is 34.9 Å². The van der Waals surface area contributed by atoms with Gasteiger partial charge in [0.05, 0.1) is 6.33 Å². The topological polar surface area (TPSA) is 276 Å². The van der Waals surface area contributed by atoms with E-state index in [4.69, 9.17) is 34.2 Å². The summed E-state index contributed by atoms with van der Waals surface area (Å²) < 4.78 is 63.7. The number of halogens is 3. The van der Waals surface area contributed by atoms with Crippen LogP contribution < -0.4 is 22.1 Å². The molecule has 3 unspecified atom stereocenters. The predicted molar refractivity (Wildman–Crippen MR) is 212 cm³/mol. The standard InChI is InChI=1S/C33H36F2IN9O12S2/c1-38-27(48)22-21(46)23(28(56-22)45-15-42-20-25(40-14-41-26(20)45)39-12-16-3-2-4-17(36)11-16)57-32(51)53-8-10-59-58-9-7-52-31(50)54-13-18-24(47)33(34,35)29(55-18)44-6-5-19(37)43-30(44)49/h2-6,11,14-15,18,21-24,28-29,46-47H,7-10,12-13H2,1H3,(H,38,48)(H2,37,43,49)(H,39,40,41)/t18?,21-,22+,23-,24?,28-,29?/m1/s1. The molecule has 26 heteroatoms. The van der Waals surface area contributed by atoms with Crippen molar-refractivity contribution in [2.45, 2.75) is 55.4 Å². The molecule has 59 heavy (non-hydrogen) atoms. The second kappa shape index (κ2) is 19.6. The Hall–Kier alpha value is -4.61. The Balaban J connectivity index is 0.924. The first kappa shape index (κ1) is 44.0. The van der Waals surface area contributed by atoms with Crippen molar-refractivity contribution in [2.24, 2.45) is 0 Å². The van der Waals surface area contributed by atoms with Crippen LogP contribution in [0, 0.1) is 3.57 Å². The highest BCUT2D eigenvalue weighted by atomic mass is 127. The van der Waals surface area contributed by atoms with E-state index in [1.54, 1.807) is 0 Å². The van der Waals surface area contributed by atoms with Crippen molar-refractivity contribution in [1.82, 2.24) is 34.4 Å². The summed E-state index contributed by atoms with van der Waals surface area (Å²) >= 11 is 2.22. The molecule has 21 nitrogen and oxygen atoms in total. The Labute approximate surface area is 353 Å². The lowest BCUT2D eigenvalue weighted by Gasteiger charge is -2.21. The maximum absolute atomic E-state index is 14.7. The van der Waals surface area contributed by atoms with Crippen LogP contribution in [0.2, 0.25) is 0 Å². The molecule has 2 aliphatic rings. The van der Waals surface area contributed by atoms with Gasteiger partial charge in [-0.15, -0.1) is 0 Å². The molecule has 5 heterocycles. The molecule has 2 saturated heterocycles. The summed E-state index contributed by atoms with van der Waals surface area (Å²) in [5.74, 6) is -3.84. The molecule has 1 amide bonds. The number of amides is 1. The molecule has 4 aromatic rings. The van der Waals surface area contributed by atoms with Crippen LogP contribution in [0.3, 0.4) is 0 Å². The summed E-state index contributed by atoms with van der Waals surface area (Å²) in [6.45, 7) is -0.628. The maximum atomic E-state index is 14.7. The van der Waals surface area contributed by atoms with Crippen molar-refractivity contribution in [2.75, 3.05) is 49.4 Å². The van der Waals surface area contributed by atoms with Crippen molar-refractivity contribution in [3.05, 3.63) is 68.8 Å². The molecule has 0 radical (unpaired) electrons. The molecule has 318 valence electrons. The minimum atomic E-state index is -3.92. The Morgan fingerprint density at radius 1 is 1.03 bits per heavy atom. The summed E-state index contributed by atoms with van der Waals surface area (Å²) in [6.07, 6.45) is -10.7. The first-order valence-electron chi connectivity index (χ1n) is 17.4. The van der Waals surface area contributed by atoms with Gasteiger partial charge in [0.25, 0.3) is 5.91 Å². The summed E-state index contributed by atoms with van der Waals surface area (Å²) in [7, 11) is 3.86. The highest BCUT2D eigenvalue weighted by Crippen LogP contribution is 2.42. The number of nitrogens with two attached hydrogens (primary N) is 1. The van der Waals surface area contributed by atoms with Crippen molar-refractivity contribution >= 4 is 85.2 Å². The summed E-state index contributed by atoms with van der Waals surface area (Å²) in [4.78, 5) is 65.8. The monoisotopic (exact) mass is 979 g/mol. The number of hydrogen-bond acceptors (Lipinski definition) is 20. The average molecular weight is 980 g/mol. The minimum absolute atomic E-state index is 0.128. The van der Waals surface area contributed by atoms with Crippen LogP contribution in [-0.4, -0.2) is 132 Å². The van der Waals surface area contributed by atoms with Crippen molar-refractivity contribution < 1.29 is 61.8 Å². The van der Waals surface area contributed by atoms with E-state index in [2.05, 4.69) is 53.2 Å². The van der Waals surface area contributed by atoms with Gasteiger partial charge >= 0.3 is 23.9 Å². The number of carbonyl (C=O) groups is 3. The summed E-state index contributed by atoms with van der Waals surface area (Å²) in [5.41, 5.74) is 5.92. The number of alkyl halides is 2. The lowest BCUT2D eigenvalue weighted by Crippen LogP contribution is -2.42. The minimum Gasteiger partial charge on any atom is -0.433 e. The van der Waals surface area contributed by atoms with Crippen LogP contribution in [0.25, 0.3) is 11.2 Å². The Morgan fingerprint density at radius 3 is 2.49 bits per heavy atom. The Bertz CT molecular complexity index is 2190. The molecular formula is C33H36F2IN9O12S2. The summed E-state index contributed by atoms with van der Waals surface area (Å²) in [5, 5.41) is 26.7. The van der Waals surface area contributed by atoms with Crippen LogP contribution >= 0.6 is 44.2 Å². The second-order valence-electron chi connectivity index (χ2n) is 12.5. The van der Waals surface area contributed by atoms with Gasteiger partial charge in [0.1, 0.15) is 44.2 Å². The average Bonchev–Trinajstić information content (AvgIpc) is 3.85. The molecule has 0 aliphatic carbocycles. The number of nitrogens with zero attached hydrogens (tertiary/aromatic N) is 6.